The van der Waals surface area contributed by atoms with Crippen molar-refractivity contribution in [1.29, 1.82) is 0 Å². The Bertz CT molecular complexity index is 953. The number of carbonyl (C=O) groups is 1. The van der Waals surface area contributed by atoms with Crippen molar-refractivity contribution in [3.05, 3.63) is 71.9 Å². The Morgan fingerprint density at radius 1 is 1.18 bits per heavy atom. The number of aliphatic hydroxyl groups is 1. The topological polar surface area (TPSA) is 80.7 Å². The second kappa shape index (κ2) is 8.37. The van der Waals surface area contributed by atoms with Gasteiger partial charge in [-0.1, -0.05) is 30.3 Å². The van der Waals surface area contributed by atoms with Crippen molar-refractivity contribution in [1.82, 2.24) is 10.3 Å². The first kappa shape index (κ1) is 18.4. The molecule has 1 saturated heterocycles. The zero-order valence-corrected chi connectivity index (χ0v) is 15.4. The van der Waals surface area contributed by atoms with Crippen molar-refractivity contribution in [3.8, 4) is 5.75 Å². The molecule has 0 saturated carbocycles. The lowest BCUT2D eigenvalue weighted by Gasteiger charge is -2.32. The normalized spacial score (nSPS) is 19.3. The summed E-state index contributed by atoms with van der Waals surface area (Å²) >= 11 is 0. The van der Waals surface area contributed by atoms with E-state index in [4.69, 9.17) is 14.6 Å². The molecular weight excluding hydrogens is 356 g/mol. The van der Waals surface area contributed by atoms with Crippen LogP contribution in [0.1, 0.15) is 22.3 Å². The average Bonchev–Trinajstić information content (AvgIpc) is 2.75. The number of fused-ring (bicyclic) bond motifs is 1. The summed E-state index contributed by atoms with van der Waals surface area (Å²) in [5.41, 5.74) is 2.20. The minimum Gasteiger partial charge on any atom is -0.488 e. The molecule has 2 atom stereocenters. The summed E-state index contributed by atoms with van der Waals surface area (Å²) < 4.78 is 11.7. The van der Waals surface area contributed by atoms with E-state index in [9.17, 15) is 4.79 Å². The lowest BCUT2D eigenvalue weighted by Crippen LogP contribution is -2.51. The number of para-hydroxylation sites is 1. The van der Waals surface area contributed by atoms with Crippen LogP contribution in [0.2, 0.25) is 0 Å². The fourth-order valence-corrected chi connectivity index (χ4v) is 3.38. The maximum atomic E-state index is 12.9. The standard InChI is InChI=1S/C22H22N2O4/c25-13-15-5-7-16(8-6-15)28-21-10-12-27-14-20(21)24-22(26)18-9-11-23-19-4-2-1-3-17(18)19/h1-9,11,20-21,25H,10,12-14H2,(H,24,26). The fourth-order valence-electron chi connectivity index (χ4n) is 3.38. The van der Waals surface area contributed by atoms with Crippen LogP contribution in [0.4, 0.5) is 0 Å². The second-order valence-electron chi connectivity index (χ2n) is 6.78. The number of aliphatic hydroxyl groups excluding tert-OH is 1. The first-order chi connectivity index (χ1) is 13.7. The van der Waals surface area contributed by atoms with Crippen LogP contribution in [0.15, 0.2) is 60.8 Å². The number of ether oxygens (including phenoxy) is 2. The van der Waals surface area contributed by atoms with Gasteiger partial charge in [0.15, 0.2) is 0 Å². The van der Waals surface area contributed by atoms with Gasteiger partial charge in [0.1, 0.15) is 11.9 Å². The molecule has 2 aromatic carbocycles. The highest BCUT2D eigenvalue weighted by atomic mass is 16.5. The zero-order valence-electron chi connectivity index (χ0n) is 15.4. The van der Waals surface area contributed by atoms with Crippen LogP contribution in [-0.4, -0.2) is 41.4 Å². The summed E-state index contributed by atoms with van der Waals surface area (Å²) in [7, 11) is 0. The first-order valence-corrected chi connectivity index (χ1v) is 9.33. The van der Waals surface area contributed by atoms with Crippen LogP contribution in [-0.2, 0) is 11.3 Å². The van der Waals surface area contributed by atoms with Gasteiger partial charge < -0.3 is 19.9 Å². The number of rotatable bonds is 5. The highest BCUT2D eigenvalue weighted by Crippen LogP contribution is 2.21. The van der Waals surface area contributed by atoms with Gasteiger partial charge in [-0.3, -0.25) is 9.78 Å². The maximum Gasteiger partial charge on any atom is 0.252 e. The molecule has 6 nitrogen and oxygen atoms in total. The molecule has 1 aliphatic rings. The van der Waals surface area contributed by atoms with E-state index < -0.39 is 0 Å². The molecule has 4 rings (SSSR count). The van der Waals surface area contributed by atoms with E-state index in [2.05, 4.69) is 10.3 Å². The molecule has 144 valence electrons. The van der Waals surface area contributed by atoms with Crippen LogP contribution in [0.5, 0.6) is 5.75 Å². The summed E-state index contributed by atoms with van der Waals surface area (Å²) in [5, 5.41) is 13.0. The van der Waals surface area contributed by atoms with Crippen molar-refractivity contribution in [2.45, 2.75) is 25.2 Å². The van der Waals surface area contributed by atoms with E-state index in [1.54, 1.807) is 12.3 Å². The van der Waals surface area contributed by atoms with Gasteiger partial charge in [-0.25, -0.2) is 0 Å². The number of carbonyl (C=O) groups excluding carboxylic acids is 1. The van der Waals surface area contributed by atoms with E-state index in [0.717, 1.165) is 16.5 Å². The summed E-state index contributed by atoms with van der Waals surface area (Å²) in [5.74, 6) is 0.538. The third-order valence-electron chi connectivity index (χ3n) is 4.90. The molecule has 6 heteroatoms. The molecule has 1 aliphatic heterocycles. The molecule has 0 bridgehead atoms. The quantitative estimate of drug-likeness (QED) is 0.714. The van der Waals surface area contributed by atoms with Gasteiger partial charge in [0, 0.05) is 18.0 Å². The molecule has 0 aliphatic carbocycles. The molecule has 3 aromatic rings. The number of hydrogen-bond donors (Lipinski definition) is 2. The first-order valence-electron chi connectivity index (χ1n) is 9.33. The summed E-state index contributed by atoms with van der Waals surface area (Å²) in [6, 6.07) is 16.4. The van der Waals surface area contributed by atoms with Gasteiger partial charge in [0.2, 0.25) is 0 Å². The molecule has 0 spiro atoms. The summed E-state index contributed by atoms with van der Waals surface area (Å²) in [6.07, 6.45) is 2.14. The smallest absolute Gasteiger partial charge is 0.252 e. The van der Waals surface area contributed by atoms with Gasteiger partial charge >= 0.3 is 0 Å². The Balaban J connectivity index is 1.50. The zero-order chi connectivity index (χ0) is 19.3. The van der Waals surface area contributed by atoms with E-state index in [1.165, 1.54) is 0 Å². The number of aromatic nitrogens is 1. The molecule has 28 heavy (non-hydrogen) atoms. The van der Waals surface area contributed by atoms with Crippen LogP contribution >= 0.6 is 0 Å². The number of nitrogens with zero attached hydrogens (tertiary/aromatic N) is 1. The molecular formula is C22H22N2O4. The van der Waals surface area contributed by atoms with Crippen molar-refractivity contribution in [3.63, 3.8) is 0 Å². The molecule has 1 fully saturated rings. The highest BCUT2D eigenvalue weighted by Gasteiger charge is 2.29. The van der Waals surface area contributed by atoms with Gasteiger partial charge in [0.05, 0.1) is 36.9 Å². The Morgan fingerprint density at radius 3 is 2.82 bits per heavy atom. The molecule has 1 aromatic heterocycles. The van der Waals surface area contributed by atoms with Gasteiger partial charge in [-0.15, -0.1) is 0 Å². The average molecular weight is 378 g/mol. The minimum absolute atomic E-state index is 0.00385. The predicted molar refractivity (Wildman–Crippen MR) is 105 cm³/mol. The van der Waals surface area contributed by atoms with Gasteiger partial charge in [0.25, 0.3) is 5.91 Å². The maximum absolute atomic E-state index is 12.9. The van der Waals surface area contributed by atoms with Gasteiger partial charge in [-0.05, 0) is 29.8 Å². The van der Waals surface area contributed by atoms with E-state index in [0.29, 0.717) is 30.9 Å². The van der Waals surface area contributed by atoms with Crippen LogP contribution in [0, 0.1) is 0 Å². The third kappa shape index (κ3) is 3.98. The number of benzene rings is 2. The number of pyridine rings is 1. The summed E-state index contributed by atoms with van der Waals surface area (Å²) in [4.78, 5) is 17.2. The molecule has 2 unspecified atom stereocenters. The van der Waals surface area contributed by atoms with Crippen molar-refractivity contribution >= 4 is 16.8 Å². The Hall–Kier alpha value is -2.96. The highest BCUT2D eigenvalue weighted by molar-refractivity contribution is 6.06. The van der Waals surface area contributed by atoms with Crippen molar-refractivity contribution < 1.29 is 19.4 Å². The second-order valence-corrected chi connectivity index (χ2v) is 6.78. The van der Waals surface area contributed by atoms with E-state index >= 15 is 0 Å². The number of hydrogen-bond acceptors (Lipinski definition) is 5. The van der Waals surface area contributed by atoms with Crippen LogP contribution in [0.3, 0.4) is 0 Å². The fraction of sp³-hybridized carbons (Fsp3) is 0.273. The molecule has 2 N–H and O–H groups in total. The lowest BCUT2D eigenvalue weighted by atomic mass is 10.0. The predicted octanol–water partition coefficient (Wildman–Crippen LogP) is 2.69. The van der Waals surface area contributed by atoms with Crippen molar-refractivity contribution in [2.24, 2.45) is 0 Å². The summed E-state index contributed by atoms with van der Waals surface area (Å²) in [6.45, 7) is 0.980. The monoisotopic (exact) mass is 378 g/mol. The van der Waals surface area contributed by atoms with Crippen LogP contribution in [0.25, 0.3) is 10.9 Å². The Morgan fingerprint density at radius 2 is 2.00 bits per heavy atom. The number of nitrogens with one attached hydrogen (secondary N) is 1. The van der Waals surface area contributed by atoms with Crippen LogP contribution < -0.4 is 10.1 Å². The molecule has 0 radical (unpaired) electrons. The number of amides is 1. The largest absolute Gasteiger partial charge is 0.488 e. The molecule has 2 heterocycles. The van der Waals surface area contributed by atoms with Crippen molar-refractivity contribution in [2.75, 3.05) is 13.2 Å². The molecule has 1 amide bonds. The Kier molecular flexibility index (Phi) is 5.50. The third-order valence-corrected chi connectivity index (χ3v) is 4.90. The SMILES string of the molecule is O=C(NC1COCCC1Oc1ccc(CO)cc1)c1ccnc2ccccc12. The Labute approximate surface area is 163 Å². The lowest BCUT2D eigenvalue weighted by molar-refractivity contribution is -0.00287. The minimum atomic E-state index is -0.259. The van der Waals surface area contributed by atoms with E-state index in [1.807, 2.05) is 48.5 Å². The van der Waals surface area contributed by atoms with Gasteiger partial charge in [-0.2, -0.15) is 0 Å². The van der Waals surface area contributed by atoms with E-state index in [-0.39, 0.29) is 24.7 Å².